The first kappa shape index (κ1) is 14.8. The van der Waals surface area contributed by atoms with Crippen LogP contribution in [0.1, 0.15) is 27.7 Å². The molecule has 0 radical (unpaired) electrons. The Kier molecular flexibility index (Phi) is 2.61. The highest BCUT2D eigenvalue weighted by molar-refractivity contribution is 6.02. The van der Waals surface area contributed by atoms with Crippen LogP contribution in [0.2, 0.25) is 0 Å². The van der Waals surface area contributed by atoms with E-state index in [1.54, 1.807) is 19.9 Å². The lowest BCUT2D eigenvalue weighted by Gasteiger charge is -2.47. The molecule has 0 amide bonds. The van der Waals surface area contributed by atoms with Gasteiger partial charge in [-0.25, -0.2) is 0 Å². The zero-order chi connectivity index (χ0) is 16.3. The lowest BCUT2D eigenvalue weighted by atomic mass is 9.45. The normalized spacial score (nSPS) is 34.7. The molecule has 2 bridgehead atoms. The minimum Gasteiger partial charge on any atom is -0.466 e. The second-order valence-electron chi connectivity index (χ2n) is 6.14. The quantitative estimate of drug-likeness (QED) is 0.786. The Morgan fingerprint density at radius 1 is 1.19 bits per heavy atom. The monoisotopic (exact) mass is 282 g/mol. The molecule has 1 aliphatic carbocycles. The van der Waals surface area contributed by atoms with Crippen molar-refractivity contribution in [3.05, 3.63) is 11.6 Å². The second-order valence-corrected chi connectivity index (χ2v) is 6.14. The highest BCUT2D eigenvalue weighted by Gasteiger charge is 2.81. The number of fused-ring (bicyclic) bond motifs is 2. The van der Waals surface area contributed by atoms with Crippen molar-refractivity contribution in [2.75, 3.05) is 0 Å². The molecule has 2 aliphatic rings. The number of carbonyl (C=O) groups excluding carboxylic acids is 1. The van der Waals surface area contributed by atoms with E-state index in [-0.39, 0.29) is 11.4 Å². The third-order valence-corrected chi connectivity index (χ3v) is 4.79. The summed E-state index contributed by atoms with van der Waals surface area (Å²) in [7, 11) is 0. The van der Waals surface area contributed by atoms with E-state index in [2.05, 4.69) is 0 Å². The number of nitrogens with one attached hydrogen (secondary N) is 1. The number of rotatable bonds is 1. The number of Topliss-reactive ketones (excluding diaryl/α,β-unsaturated/α-hetero) is 1. The van der Waals surface area contributed by atoms with E-state index >= 15 is 0 Å². The van der Waals surface area contributed by atoms with Crippen LogP contribution in [0.4, 0.5) is 0 Å². The molecule has 106 valence electrons. The molecular formula is C15H14N4O2. The summed E-state index contributed by atoms with van der Waals surface area (Å²) in [4.78, 5) is 12.0. The first-order valence-electron chi connectivity index (χ1n) is 6.36. The Balaban J connectivity index is 3.06. The average Bonchev–Trinajstić information content (AvgIpc) is 2.56. The van der Waals surface area contributed by atoms with Crippen molar-refractivity contribution in [3.63, 3.8) is 0 Å². The third kappa shape index (κ3) is 1.16. The van der Waals surface area contributed by atoms with E-state index < -0.39 is 27.7 Å². The highest BCUT2D eigenvalue weighted by Crippen LogP contribution is 2.68. The summed E-state index contributed by atoms with van der Waals surface area (Å²) in [6.07, 6.45) is 1.56. The van der Waals surface area contributed by atoms with Crippen LogP contribution in [0.3, 0.4) is 0 Å². The standard InChI is InChI=1S/C15H14N4O2/c1-9(20)10-5-12(2,3)15(8-18)11(19)21-13(10,4)14(15,6-16)7-17/h5,19H,1-4H3/t13-,15-/m1/s1. The highest BCUT2D eigenvalue weighted by atomic mass is 16.5. The molecule has 1 fully saturated rings. The number of ketones is 1. The molecule has 1 aliphatic heterocycles. The summed E-state index contributed by atoms with van der Waals surface area (Å²) < 4.78 is 5.50. The van der Waals surface area contributed by atoms with Gasteiger partial charge in [-0.15, -0.1) is 0 Å². The number of ether oxygens (including phenoxy) is 1. The van der Waals surface area contributed by atoms with E-state index in [0.717, 1.165) is 0 Å². The van der Waals surface area contributed by atoms with Gasteiger partial charge < -0.3 is 4.74 Å². The predicted octanol–water partition coefficient (Wildman–Crippen LogP) is 1.85. The van der Waals surface area contributed by atoms with Gasteiger partial charge in [0.05, 0.1) is 18.2 Å². The molecule has 1 N–H and O–H groups in total. The van der Waals surface area contributed by atoms with Crippen LogP contribution < -0.4 is 0 Å². The molecule has 1 saturated heterocycles. The summed E-state index contributed by atoms with van der Waals surface area (Å²) in [5.41, 5.74) is -6.24. The Morgan fingerprint density at radius 3 is 2.10 bits per heavy atom. The molecule has 0 aromatic heterocycles. The van der Waals surface area contributed by atoms with Crippen LogP contribution in [-0.2, 0) is 9.53 Å². The average molecular weight is 282 g/mol. The van der Waals surface area contributed by atoms with Crippen molar-refractivity contribution in [1.82, 2.24) is 0 Å². The number of hydrogen-bond donors (Lipinski definition) is 1. The molecule has 0 aromatic carbocycles. The molecule has 0 aromatic rings. The van der Waals surface area contributed by atoms with Gasteiger partial charge >= 0.3 is 0 Å². The molecule has 21 heavy (non-hydrogen) atoms. The summed E-state index contributed by atoms with van der Waals surface area (Å²) in [6, 6.07) is 5.76. The number of nitrogens with zero attached hydrogens (tertiary/aromatic N) is 3. The van der Waals surface area contributed by atoms with Crippen molar-refractivity contribution in [2.24, 2.45) is 16.2 Å². The summed E-state index contributed by atoms with van der Waals surface area (Å²) in [5, 5.41) is 37.2. The fourth-order valence-electron chi connectivity index (χ4n) is 3.65. The number of allylic oxidation sites excluding steroid dienone is 1. The van der Waals surface area contributed by atoms with E-state index in [9.17, 15) is 20.6 Å². The van der Waals surface area contributed by atoms with E-state index in [1.807, 2.05) is 18.2 Å². The Morgan fingerprint density at radius 2 is 1.71 bits per heavy atom. The maximum atomic E-state index is 12.0. The lowest BCUT2D eigenvalue weighted by Crippen LogP contribution is -2.59. The molecule has 0 unspecified atom stereocenters. The van der Waals surface area contributed by atoms with Crippen molar-refractivity contribution in [3.8, 4) is 18.2 Å². The smallest absolute Gasteiger partial charge is 0.215 e. The second kappa shape index (κ2) is 3.71. The summed E-state index contributed by atoms with van der Waals surface area (Å²) in [6.45, 7) is 6.00. The maximum absolute atomic E-state index is 12.0. The van der Waals surface area contributed by atoms with Crippen LogP contribution in [-0.4, -0.2) is 17.3 Å². The molecule has 0 spiro atoms. The first-order valence-corrected chi connectivity index (χ1v) is 6.36. The van der Waals surface area contributed by atoms with Crippen molar-refractivity contribution in [2.45, 2.75) is 33.3 Å². The Hall–Kier alpha value is -2.65. The maximum Gasteiger partial charge on any atom is 0.215 e. The first-order chi connectivity index (χ1) is 9.60. The van der Waals surface area contributed by atoms with E-state index in [4.69, 9.17) is 10.1 Å². The van der Waals surface area contributed by atoms with Crippen LogP contribution in [0.5, 0.6) is 0 Å². The van der Waals surface area contributed by atoms with Gasteiger partial charge in [0.2, 0.25) is 11.3 Å². The molecule has 1 heterocycles. The largest absolute Gasteiger partial charge is 0.466 e. The molecule has 6 heteroatoms. The Bertz CT molecular complexity index is 714. The molecular weight excluding hydrogens is 268 g/mol. The number of hydrogen-bond acceptors (Lipinski definition) is 6. The minimum absolute atomic E-state index is 0.156. The zero-order valence-electron chi connectivity index (χ0n) is 12.2. The fraction of sp³-hybridized carbons (Fsp3) is 0.533. The SMILES string of the molecule is CC(=O)C1=CC(C)(C)[C@@]2(C#N)C(=N)O[C@@]1(C)C2(C#N)C#N. The van der Waals surface area contributed by atoms with Gasteiger partial charge in [-0.3, -0.25) is 10.2 Å². The van der Waals surface area contributed by atoms with Crippen molar-refractivity contribution >= 4 is 11.7 Å². The van der Waals surface area contributed by atoms with Crippen molar-refractivity contribution < 1.29 is 9.53 Å². The van der Waals surface area contributed by atoms with Gasteiger partial charge in [0.15, 0.2) is 16.8 Å². The van der Waals surface area contributed by atoms with Crippen LogP contribution >= 0.6 is 0 Å². The number of nitriles is 3. The third-order valence-electron chi connectivity index (χ3n) is 4.79. The van der Waals surface area contributed by atoms with Gasteiger partial charge in [0.1, 0.15) is 0 Å². The minimum atomic E-state index is -1.95. The number of carbonyl (C=O) groups is 1. The lowest BCUT2D eigenvalue weighted by molar-refractivity contribution is -0.116. The molecule has 2 rings (SSSR count). The van der Waals surface area contributed by atoms with Crippen LogP contribution in [0.25, 0.3) is 0 Å². The molecule has 2 atom stereocenters. The van der Waals surface area contributed by atoms with E-state index in [1.165, 1.54) is 13.8 Å². The fourth-order valence-corrected chi connectivity index (χ4v) is 3.65. The van der Waals surface area contributed by atoms with Gasteiger partial charge in [0.25, 0.3) is 0 Å². The topological polar surface area (TPSA) is 122 Å². The molecule has 6 nitrogen and oxygen atoms in total. The van der Waals surface area contributed by atoms with Gasteiger partial charge in [-0.05, 0) is 13.8 Å². The Labute approximate surface area is 122 Å². The summed E-state index contributed by atoms with van der Waals surface area (Å²) >= 11 is 0. The van der Waals surface area contributed by atoms with Gasteiger partial charge in [0, 0.05) is 11.0 Å². The van der Waals surface area contributed by atoms with Crippen LogP contribution in [0.15, 0.2) is 11.6 Å². The predicted molar refractivity (Wildman–Crippen MR) is 71.5 cm³/mol. The molecule has 0 saturated carbocycles. The summed E-state index contributed by atoms with van der Waals surface area (Å²) in [5.74, 6) is -0.783. The van der Waals surface area contributed by atoms with Gasteiger partial charge in [-0.2, -0.15) is 15.8 Å². The van der Waals surface area contributed by atoms with Crippen LogP contribution in [0, 0.1) is 55.6 Å². The zero-order valence-corrected chi connectivity index (χ0v) is 12.2. The van der Waals surface area contributed by atoms with Crippen molar-refractivity contribution in [1.29, 1.82) is 21.2 Å². The van der Waals surface area contributed by atoms with Gasteiger partial charge in [-0.1, -0.05) is 19.9 Å². The van der Waals surface area contributed by atoms with E-state index in [0.29, 0.717) is 0 Å².